The molecule has 0 saturated heterocycles. The van der Waals surface area contributed by atoms with E-state index in [1.165, 1.54) is 6.33 Å². The van der Waals surface area contributed by atoms with E-state index in [1.807, 2.05) is 43.3 Å². The van der Waals surface area contributed by atoms with Crippen LogP contribution in [0.5, 0.6) is 5.75 Å². The minimum Gasteiger partial charge on any atom is -0.496 e. The van der Waals surface area contributed by atoms with Gasteiger partial charge in [0.2, 0.25) is 0 Å². The first kappa shape index (κ1) is 18.7. The number of hydrogen-bond acceptors (Lipinski definition) is 5. The summed E-state index contributed by atoms with van der Waals surface area (Å²) in [4.78, 5) is 20.7. The van der Waals surface area contributed by atoms with Gasteiger partial charge in [-0.3, -0.25) is 4.79 Å². The SMILES string of the molecule is COc1ccccc1CNC(=O)c1cc(Nc2ccc(Cl)cc2C)ncn1. The highest BCUT2D eigenvalue weighted by atomic mass is 35.5. The molecule has 0 atom stereocenters. The Morgan fingerprint density at radius 1 is 1.15 bits per heavy atom. The fraction of sp³-hybridized carbons (Fsp3) is 0.150. The zero-order valence-corrected chi connectivity index (χ0v) is 15.7. The van der Waals surface area contributed by atoms with Crippen LogP contribution >= 0.6 is 11.6 Å². The Labute approximate surface area is 162 Å². The van der Waals surface area contributed by atoms with E-state index in [9.17, 15) is 4.79 Å². The number of aryl methyl sites for hydroxylation is 1. The summed E-state index contributed by atoms with van der Waals surface area (Å²) in [5, 5.41) is 6.69. The molecule has 3 rings (SSSR count). The van der Waals surface area contributed by atoms with Gasteiger partial charge in [0.05, 0.1) is 7.11 Å². The second-order valence-corrected chi connectivity index (χ2v) is 6.30. The molecule has 3 aromatic rings. The fourth-order valence-corrected chi connectivity index (χ4v) is 2.80. The number of methoxy groups -OCH3 is 1. The number of rotatable bonds is 6. The first-order chi connectivity index (χ1) is 13.1. The zero-order chi connectivity index (χ0) is 19.2. The minimum atomic E-state index is -0.292. The number of para-hydroxylation sites is 1. The summed E-state index contributed by atoms with van der Waals surface area (Å²) in [6, 6.07) is 14.6. The van der Waals surface area contributed by atoms with Gasteiger partial charge >= 0.3 is 0 Å². The molecule has 0 bridgehead atoms. The monoisotopic (exact) mass is 382 g/mol. The Balaban J connectivity index is 1.70. The van der Waals surface area contributed by atoms with Gasteiger partial charge in [0.1, 0.15) is 23.6 Å². The van der Waals surface area contributed by atoms with Gasteiger partial charge in [-0.15, -0.1) is 0 Å². The molecule has 0 fully saturated rings. The van der Waals surface area contributed by atoms with Crippen LogP contribution in [-0.2, 0) is 6.54 Å². The van der Waals surface area contributed by atoms with E-state index in [4.69, 9.17) is 16.3 Å². The summed E-state index contributed by atoms with van der Waals surface area (Å²) in [5.74, 6) is 0.957. The van der Waals surface area contributed by atoms with Crippen molar-refractivity contribution in [2.75, 3.05) is 12.4 Å². The Morgan fingerprint density at radius 2 is 1.96 bits per heavy atom. The highest BCUT2D eigenvalue weighted by Crippen LogP contribution is 2.22. The number of hydrogen-bond donors (Lipinski definition) is 2. The van der Waals surface area contributed by atoms with Crippen LogP contribution in [0.2, 0.25) is 5.02 Å². The van der Waals surface area contributed by atoms with Gasteiger partial charge in [-0.25, -0.2) is 9.97 Å². The van der Waals surface area contributed by atoms with Gasteiger partial charge in [-0.1, -0.05) is 29.8 Å². The second-order valence-electron chi connectivity index (χ2n) is 5.87. The molecule has 7 heteroatoms. The van der Waals surface area contributed by atoms with E-state index >= 15 is 0 Å². The molecule has 0 unspecified atom stereocenters. The van der Waals surface area contributed by atoms with E-state index in [0.29, 0.717) is 17.4 Å². The average Bonchev–Trinajstić information content (AvgIpc) is 2.68. The molecular weight excluding hydrogens is 364 g/mol. The topological polar surface area (TPSA) is 76.1 Å². The molecule has 2 aromatic carbocycles. The maximum absolute atomic E-state index is 12.4. The predicted molar refractivity (Wildman–Crippen MR) is 106 cm³/mol. The van der Waals surface area contributed by atoms with Crippen LogP contribution in [0, 0.1) is 6.92 Å². The van der Waals surface area contributed by atoms with Crippen LogP contribution in [-0.4, -0.2) is 23.0 Å². The third kappa shape index (κ3) is 4.74. The highest BCUT2D eigenvalue weighted by molar-refractivity contribution is 6.30. The smallest absolute Gasteiger partial charge is 0.270 e. The van der Waals surface area contributed by atoms with Crippen LogP contribution in [0.15, 0.2) is 54.9 Å². The molecule has 27 heavy (non-hydrogen) atoms. The van der Waals surface area contributed by atoms with E-state index in [1.54, 1.807) is 19.2 Å². The van der Waals surface area contributed by atoms with Gasteiger partial charge in [0.15, 0.2) is 0 Å². The largest absolute Gasteiger partial charge is 0.496 e. The normalized spacial score (nSPS) is 10.3. The molecule has 2 N–H and O–H groups in total. The van der Waals surface area contributed by atoms with Crippen molar-refractivity contribution in [3.05, 3.63) is 76.7 Å². The van der Waals surface area contributed by atoms with Crippen molar-refractivity contribution in [1.29, 1.82) is 0 Å². The molecule has 0 spiro atoms. The number of nitrogens with one attached hydrogen (secondary N) is 2. The molecular formula is C20H19ClN4O2. The molecule has 0 aliphatic heterocycles. The van der Waals surface area contributed by atoms with Gasteiger partial charge in [0.25, 0.3) is 5.91 Å². The number of nitrogens with zero attached hydrogens (tertiary/aromatic N) is 2. The average molecular weight is 383 g/mol. The van der Waals surface area contributed by atoms with Crippen molar-refractivity contribution in [2.45, 2.75) is 13.5 Å². The van der Waals surface area contributed by atoms with Crippen LogP contribution in [0.3, 0.4) is 0 Å². The Hall–Kier alpha value is -3.12. The Morgan fingerprint density at radius 3 is 2.74 bits per heavy atom. The van der Waals surface area contributed by atoms with Crippen molar-refractivity contribution in [3.8, 4) is 5.75 Å². The zero-order valence-electron chi connectivity index (χ0n) is 15.0. The van der Waals surface area contributed by atoms with Crippen molar-refractivity contribution in [2.24, 2.45) is 0 Å². The lowest BCUT2D eigenvalue weighted by Crippen LogP contribution is -2.24. The van der Waals surface area contributed by atoms with E-state index in [0.717, 1.165) is 22.6 Å². The quantitative estimate of drug-likeness (QED) is 0.670. The molecule has 0 saturated carbocycles. The number of anilines is 2. The molecule has 6 nitrogen and oxygen atoms in total. The number of carbonyl (C=O) groups excluding carboxylic acids is 1. The maximum atomic E-state index is 12.4. The van der Waals surface area contributed by atoms with E-state index in [-0.39, 0.29) is 11.6 Å². The maximum Gasteiger partial charge on any atom is 0.270 e. The molecule has 0 radical (unpaired) electrons. The van der Waals surface area contributed by atoms with Gasteiger partial charge < -0.3 is 15.4 Å². The number of halogens is 1. The van der Waals surface area contributed by atoms with Crippen LogP contribution in [0.25, 0.3) is 0 Å². The van der Waals surface area contributed by atoms with Crippen molar-refractivity contribution in [3.63, 3.8) is 0 Å². The summed E-state index contributed by atoms with van der Waals surface area (Å²) in [6.07, 6.45) is 1.35. The lowest BCUT2D eigenvalue weighted by molar-refractivity contribution is 0.0945. The van der Waals surface area contributed by atoms with Gasteiger partial charge in [-0.05, 0) is 36.8 Å². The lowest BCUT2D eigenvalue weighted by atomic mass is 10.2. The standard InChI is InChI=1S/C20H19ClN4O2/c1-13-9-15(21)7-8-16(13)25-19-10-17(23-12-24-19)20(26)22-11-14-5-3-4-6-18(14)27-2/h3-10,12H,11H2,1-2H3,(H,22,26)(H,23,24,25). The third-order valence-electron chi connectivity index (χ3n) is 3.98. The van der Waals surface area contributed by atoms with Crippen LogP contribution in [0.4, 0.5) is 11.5 Å². The van der Waals surface area contributed by atoms with Crippen molar-refractivity contribution >= 4 is 29.0 Å². The number of aromatic nitrogens is 2. The summed E-state index contributed by atoms with van der Waals surface area (Å²) in [6.45, 7) is 2.28. The number of benzene rings is 2. The van der Waals surface area contributed by atoms with Gasteiger partial charge in [-0.2, -0.15) is 0 Å². The van der Waals surface area contributed by atoms with Gasteiger partial charge in [0, 0.05) is 28.9 Å². The first-order valence-corrected chi connectivity index (χ1v) is 8.70. The second kappa shape index (κ2) is 8.51. The summed E-state index contributed by atoms with van der Waals surface area (Å²) in [7, 11) is 1.60. The first-order valence-electron chi connectivity index (χ1n) is 8.32. The number of carbonyl (C=O) groups is 1. The van der Waals surface area contributed by atoms with E-state index in [2.05, 4.69) is 20.6 Å². The molecule has 0 aliphatic rings. The van der Waals surface area contributed by atoms with Crippen molar-refractivity contribution < 1.29 is 9.53 Å². The fourth-order valence-electron chi connectivity index (χ4n) is 2.57. The lowest BCUT2D eigenvalue weighted by Gasteiger charge is -2.11. The number of amides is 1. The summed E-state index contributed by atoms with van der Waals surface area (Å²) < 4.78 is 5.29. The Bertz CT molecular complexity index is 962. The predicted octanol–water partition coefficient (Wildman–Crippen LogP) is 4.12. The molecule has 1 aromatic heterocycles. The minimum absolute atomic E-state index is 0.272. The van der Waals surface area contributed by atoms with Crippen LogP contribution in [0.1, 0.15) is 21.6 Å². The summed E-state index contributed by atoms with van der Waals surface area (Å²) in [5.41, 5.74) is 2.99. The highest BCUT2D eigenvalue weighted by Gasteiger charge is 2.11. The Kier molecular flexibility index (Phi) is 5.88. The third-order valence-corrected chi connectivity index (χ3v) is 4.22. The van der Waals surface area contributed by atoms with Crippen molar-refractivity contribution in [1.82, 2.24) is 15.3 Å². The molecule has 1 amide bonds. The van der Waals surface area contributed by atoms with E-state index < -0.39 is 0 Å². The molecule has 0 aliphatic carbocycles. The molecule has 138 valence electrons. The molecule has 1 heterocycles. The van der Waals surface area contributed by atoms with Crippen LogP contribution < -0.4 is 15.4 Å². The summed E-state index contributed by atoms with van der Waals surface area (Å²) >= 11 is 5.98. The number of ether oxygens (including phenoxy) is 1.